The van der Waals surface area contributed by atoms with E-state index in [9.17, 15) is 9.59 Å². The van der Waals surface area contributed by atoms with Gasteiger partial charge in [0.15, 0.2) is 0 Å². The van der Waals surface area contributed by atoms with Crippen molar-refractivity contribution in [2.75, 3.05) is 13.7 Å². The standard InChI is InChI=1S/C14H22N2O3S/c1-6-19-13(18)11(14(2,3)4)12(17)16(5)7-10-8-20-9-15-10/h8-9,11H,6-7H2,1-5H3. The van der Waals surface area contributed by atoms with Crippen molar-refractivity contribution in [3.8, 4) is 0 Å². The van der Waals surface area contributed by atoms with Crippen molar-refractivity contribution in [2.45, 2.75) is 34.2 Å². The third kappa shape index (κ3) is 4.30. The van der Waals surface area contributed by atoms with Crippen molar-refractivity contribution in [3.63, 3.8) is 0 Å². The first kappa shape index (κ1) is 16.6. The van der Waals surface area contributed by atoms with Crippen LogP contribution >= 0.6 is 11.3 Å². The molecule has 20 heavy (non-hydrogen) atoms. The normalized spacial score (nSPS) is 12.8. The first-order valence-corrected chi connectivity index (χ1v) is 7.50. The van der Waals surface area contributed by atoms with Gasteiger partial charge >= 0.3 is 5.97 Å². The quantitative estimate of drug-likeness (QED) is 0.618. The highest BCUT2D eigenvalue weighted by molar-refractivity contribution is 7.07. The molecule has 0 fully saturated rings. The highest BCUT2D eigenvalue weighted by Crippen LogP contribution is 2.29. The molecule has 6 heteroatoms. The molecule has 0 aliphatic heterocycles. The van der Waals surface area contributed by atoms with Gasteiger partial charge < -0.3 is 9.64 Å². The zero-order chi connectivity index (χ0) is 15.3. The second kappa shape index (κ2) is 6.83. The van der Waals surface area contributed by atoms with Gasteiger partial charge in [-0.2, -0.15) is 0 Å². The number of esters is 1. The van der Waals surface area contributed by atoms with Gasteiger partial charge in [-0.15, -0.1) is 11.3 Å². The Bertz CT molecular complexity index is 451. The number of amides is 1. The first-order chi connectivity index (χ1) is 9.27. The average molecular weight is 298 g/mol. The van der Waals surface area contributed by atoms with E-state index in [1.807, 2.05) is 26.2 Å². The number of nitrogens with zero attached hydrogens (tertiary/aromatic N) is 2. The van der Waals surface area contributed by atoms with Crippen LogP contribution in [0.2, 0.25) is 0 Å². The fraction of sp³-hybridized carbons (Fsp3) is 0.643. The summed E-state index contributed by atoms with van der Waals surface area (Å²) in [7, 11) is 1.68. The SMILES string of the molecule is CCOC(=O)C(C(=O)N(C)Cc1cscn1)C(C)(C)C. The Morgan fingerprint density at radius 1 is 1.45 bits per heavy atom. The molecule has 0 aliphatic rings. The van der Waals surface area contributed by atoms with Crippen LogP contribution < -0.4 is 0 Å². The highest BCUT2D eigenvalue weighted by Gasteiger charge is 2.40. The minimum atomic E-state index is -0.800. The van der Waals surface area contributed by atoms with Crippen molar-refractivity contribution in [3.05, 3.63) is 16.6 Å². The maximum absolute atomic E-state index is 12.5. The summed E-state index contributed by atoms with van der Waals surface area (Å²) < 4.78 is 5.04. The monoisotopic (exact) mass is 298 g/mol. The van der Waals surface area contributed by atoms with Crippen LogP contribution in [0.25, 0.3) is 0 Å². The van der Waals surface area contributed by atoms with Gasteiger partial charge in [0, 0.05) is 12.4 Å². The molecule has 0 saturated carbocycles. The lowest BCUT2D eigenvalue weighted by Gasteiger charge is -2.30. The number of thiazole rings is 1. The number of carbonyl (C=O) groups is 2. The third-order valence-corrected chi connectivity index (χ3v) is 3.53. The fourth-order valence-electron chi connectivity index (χ4n) is 1.91. The van der Waals surface area contributed by atoms with Gasteiger partial charge in [-0.1, -0.05) is 20.8 Å². The Hall–Kier alpha value is -1.43. The molecule has 5 nitrogen and oxygen atoms in total. The maximum Gasteiger partial charge on any atom is 0.319 e. The van der Waals surface area contributed by atoms with Gasteiger partial charge in [0.25, 0.3) is 0 Å². The van der Waals surface area contributed by atoms with E-state index in [4.69, 9.17) is 4.74 Å². The molecule has 0 aliphatic carbocycles. The number of rotatable bonds is 5. The van der Waals surface area contributed by atoms with Gasteiger partial charge in [0.2, 0.25) is 5.91 Å². The fourth-order valence-corrected chi connectivity index (χ4v) is 2.46. The molecule has 0 aromatic carbocycles. The molecule has 0 saturated heterocycles. The predicted octanol–water partition coefficient (Wildman–Crippen LogP) is 2.33. The Kier molecular flexibility index (Phi) is 5.68. The van der Waals surface area contributed by atoms with E-state index in [0.717, 1.165) is 5.69 Å². The van der Waals surface area contributed by atoms with Crippen LogP contribution in [0.1, 0.15) is 33.4 Å². The topological polar surface area (TPSA) is 59.5 Å². The summed E-state index contributed by atoms with van der Waals surface area (Å²) >= 11 is 1.48. The van der Waals surface area contributed by atoms with Crippen LogP contribution in [0.5, 0.6) is 0 Å². The van der Waals surface area contributed by atoms with E-state index in [1.165, 1.54) is 16.2 Å². The number of ether oxygens (including phenoxy) is 1. The lowest BCUT2D eigenvalue weighted by atomic mass is 9.80. The molecular formula is C14H22N2O3S. The van der Waals surface area contributed by atoms with Gasteiger partial charge in [-0.3, -0.25) is 9.59 Å². The Labute approximate surface area is 124 Å². The summed E-state index contributed by atoms with van der Waals surface area (Å²) in [6.07, 6.45) is 0. The summed E-state index contributed by atoms with van der Waals surface area (Å²) in [5.41, 5.74) is 2.06. The van der Waals surface area contributed by atoms with Crippen LogP contribution in [0.4, 0.5) is 0 Å². The van der Waals surface area contributed by atoms with E-state index in [1.54, 1.807) is 19.5 Å². The number of carbonyl (C=O) groups excluding carboxylic acids is 2. The highest BCUT2D eigenvalue weighted by atomic mass is 32.1. The lowest BCUT2D eigenvalue weighted by Crippen LogP contribution is -2.44. The number of aromatic nitrogens is 1. The average Bonchev–Trinajstić information content (AvgIpc) is 2.80. The molecule has 1 unspecified atom stereocenters. The zero-order valence-electron chi connectivity index (χ0n) is 12.7. The molecule has 112 valence electrons. The summed E-state index contributed by atoms with van der Waals surface area (Å²) in [5, 5.41) is 1.89. The summed E-state index contributed by atoms with van der Waals surface area (Å²) in [4.78, 5) is 30.3. The van der Waals surface area contributed by atoms with Gasteiger partial charge in [0.05, 0.1) is 24.4 Å². The van der Waals surface area contributed by atoms with E-state index >= 15 is 0 Å². The van der Waals surface area contributed by atoms with E-state index in [0.29, 0.717) is 6.54 Å². The van der Waals surface area contributed by atoms with Gasteiger partial charge in [0.1, 0.15) is 5.92 Å². The number of hydrogen-bond donors (Lipinski definition) is 0. The smallest absolute Gasteiger partial charge is 0.319 e. The maximum atomic E-state index is 12.5. The van der Waals surface area contributed by atoms with Crippen molar-refractivity contribution in [1.29, 1.82) is 0 Å². The van der Waals surface area contributed by atoms with E-state index < -0.39 is 17.3 Å². The molecule has 1 rings (SSSR count). The zero-order valence-corrected chi connectivity index (χ0v) is 13.5. The van der Waals surface area contributed by atoms with Crippen molar-refractivity contribution in [2.24, 2.45) is 11.3 Å². The minimum absolute atomic E-state index is 0.232. The third-order valence-electron chi connectivity index (χ3n) is 2.89. The molecule has 0 bridgehead atoms. The van der Waals surface area contributed by atoms with Crippen LogP contribution in [0, 0.1) is 11.3 Å². The Balaban J connectivity index is 2.84. The second-order valence-corrected chi connectivity index (χ2v) is 6.44. The van der Waals surface area contributed by atoms with Crippen LogP contribution in [0.3, 0.4) is 0 Å². The molecule has 1 atom stereocenters. The second-order valence-electron chi connectivity index (χ2n) is 5.73. The largest absolute Gasteiger partial charge is 0.465 e. The van der Waals surface area contributed by atoms with E-state index in [-0.39, 0.29) is 12.5 Å². The van der Waals surface area contributed by atoms with Crippen LogP contribution in [0.15, 0.2) is 10.9 Å². The summed E-state index contributed by atoms with van der Waals surface area (Å²) in [5.74, 6) is -1.50. The van der Waals surface area contributed by atoms with E-state index in [2.05, 4.69) is 4.98 Å². The van der Waals surface area contributed by atoms with Crippen molar-refractivity contribution < 1.29 is 14.3 Å². The summed E-state index contributed by atoms with van der Waals surface area (Å²) in [6, 6.07) is 0. The molecule has 1 aromatic heterocycles. The molecule has 0 spiro atoms. The molecule has 1 amide bonds. The molecule has 1 heterocycles. The Morgan fingerprint density at radius 3 is 2.55 bits per heavy atom. The number of hydrogen-bond acceptors (Lipinski definition) is 5. The first-order valence-electron chi connectivity index (χ1n) is 6.56. The Morgan fingerprint density at radius 2 is 2.10 bits per heavy atom. The van der Waals surface area contributed by atoms with Gasteiger partial charge in [-0.25, -0.2) is 4.98 Å². The van der Waals surface area contributed by atoms with Crippen LogP contribution in [-0.4, -0.2) is 35.4 Å². The van der Waals surface area contributed by atoms with Crippen molar-refractivity contribution in [1.82, 2.24) is 9.88 Å². The van der Waals surface area contributed by atoms with Gasteiger partial charge in [-0.05, 0) is 12.3 Å². The molecular weight excluding hydrogens is 276 g/mol. The predicted molar refractivity (Wildman–Crippen MR) is 78.2 cm³/mol. The lowest BCUT2D eigenvalue weighted by molar-refractivity contribution is -0.160. The minimum Gasteiger partial charge on any atom is -0.465 e. The summed E-state index contributed by atoms with van der Waals surface area (Å²) in [6.45, 7) is 8.00. The van der Waals surface area contributed by atoms with Crippen molar-refractivity contribution >= 4 is 23.2 Å². The van der Waals surface area contributed by atoms with Crippen LogP contribution in [-0.2, 0) is 20.9 Å². The molecule has 1 aromatic rings. The molecule has 0 N–H and O–H groups in total. The molecule has 0 radical (unpaired) electrons.